The lowest BCUT2D eigenvalue weighted by atomic mass is 10.1. The molecule has 0 saturated carbocycles. The highest BCUT2D eigenvalue weighted by molar-refractivity contribution is 9.10. The fourth-order valence-corrected chi connectivity index (χ4v) is 4.00. The van der Waals surface area contributed by atoms with Gasteiger partial charge in [0.2, 0.25) is 0 Å². The lowest BCUT2D eigenvalue weighted by Gasteiger charge is -2.17. The summed E-state index contributed by atoms with van der Waals surface area (Å²) in [5.41, 5.74) is 0. The van der Waals surface area contributed by atoms with E-state index in [-0.39, 0.29) is 0 Å². The molecule has 1 unspecified atom stereocenters. The van der Waals surface area contributed by atoms with Crippen molar-refractivity contribution in [3.63, 3.8) is 0 Å². The van der Waals surface area contributed by atoms with E-state index in [1.54, 1.807) is 11.3 Å². The van der Waals surface area contributed by atoms with Crippen LogP contribution in [0.1, 0.15) is 69.7 Å². The van der Waals surface area contributed by atoms with Crippen LogP contribution in [-0.4, -0.2) is 6.54 Å². The fourth-order valence-electron chi connectivity index (χ4n) is 2.15. The number of unbranched alkanes of at least 4 members (excludes halogenated alkanes) is 4. The number of hydrogen-bond donors (Lipinski definition) is 1. The van der Waals surface area contributed by atoms with Gasteiger partial charge in [0.15, 0.2) is 0 Å². The molecule has 1 N–H and O–H groups in total. The van der Waals surface area contributed by atoms with Crippen molar-refractivity contribution in [1.82, 2.24) is 5.32 Å². The lowest BCUT2D eigenvalue weighted by Crippen LogP contribution is -2.21. The maximum Gasteiger partial charge on any atom is 0.107 e. The quantitative estimate of drug-likeness (QED) is 0.462. The summed E-state index contributed by atoms with van der Waals surface area (Å²) < 4.78 is 1.90. The molecule has 0 aliphatic carbocycles. The minimum atomic E-state index is 0.468. The Bertz CT molecular complexity index is 334. The highest BCUT2D eigenvalue weighted by Gasteiger charge is 2.15. The molecular weight excluding hydrogens is 342 g/mol. The van der Waals surface area contributed by atoms with E-state index in [0.29, 0.717) is 6.04 Å². The third-order valence-corrected chi connectivity index (χ3v) is 5.83. The molecule has 1 nitrogen and oxygen atoms in total. The zero-order valence-electron chi connectivity index (χ0n) is 12.0. The van der Waals surface area contributed by atoms with Crippen LogP contribution in [0.3, 0.4) is 0 Å². The Kier molecular flexibility index (Phi) is 9.38. The van der Waals surface area contributed by atoms with E-state index in [2.05, 4.69) is 41.2 Å². The molecule has 0 aromatic carbocycles. The molecule has 1 heterocycles. The van der Waals surface area contributed by atoms with E-state index < -0.39 is 0 Å². The van der Waals surface area contributed by atoms with Crippen LogP contribution in [0.15, 0.2) is 10.5 Å². The van der Waals surface area contributed by atoms with Gasteiger partial charge < -0.3 is 5.32 Å². The summed E-state index contributed by atoms with van der Waals surface area (Å²) in [6.07, 6.45) is 9.08. The first-order valence-corrected chi connectivity index (χ1v) is 9.35. The second-order valence-corrected chi connectivity index (χ2v) is 7.52. The van der Waals surface area contributed by atoms with Crippen molar-refractivity contribution >= 4 is 38.9 Å². The Morgan fingerprint density at radius 1 is 1.21 bits per heavy atom. The summed E-state index contributed by atoms with van der Waals surface area (Å²) in [5, 5.41) is 3.65. The van der Waals surface area contributed by atoms with Crippen molar-refractivity contribution in [1.29, 1.82) is 0 Å². The van der Waals surface area contributed by atoms with Gasteiger partial charge in [-0.15, -0.1) is 11.3 Å². The largest absolute Gasteiger partial charge is 0.309 e. The van der Waals surface area contributed by atoms with E-state index in [1.807, 2.05) is 0 Å². The molecule has 0 aliphatic rings. The predicted octanol–water partition coefficient (Wildman–Crippen LogP) is 6.57. The van der Waals surface area contributed by atoms with Crippen molar-refractivity contribution in [3.05, 3.63) is 19.8 Å². The van der Waals surface area contributed by atoms with Crippen LogP contribution in [0.4, 0.5) is 0 Å². The monoisotopic (exact) mass is 365 g/mol. The number of nitrogens with one attached hydrogen (secondary N) is 1. The SMILES string of the molecule is CCCCCCCC(NCCC)c1cc(Br)c(Cl)s1. The van der Waals surface area contributed by atoms with E-state index in [1.165, 1.54) is 49.8 Å². The standard InChI is InChI=1S/C15H25BrClNS/c1-3-5-6-7-8-9-13(18-10-4-2)14-11-12(16)15(17)19-14/h11,13,18H,3-10H2,1-2H3. The van der Waals surface area contributed by atoms with Gasteiger partial charge in [-0.05, 0) is 41.4 Å². The summed E-state index contributed by atoms with van der Waals surface area (Å²) in [6, 6.07) is 2.64. The van der Waals surface area contributed by atoms with Crippen LogP contribution in [0.25, 0.3) is 0 Å². The van der Waals surface area contributed by atoms with E-state index in [9.17, 15) is 0 Å². The van der Waals surface area contributed by atoms with E-state index >= 15 is 0 Å². The van der Waals surface area contributed by atoms with Gasteiger partial charge in [0.25, 0.3) is 0 Å². The second-order valence-electron chi connectivity index (χ2n) is 4.98. The second kappa shape index (κ2) is 10.2. The van der Waals surface area contributed by atoms with E-state index in [0.717, 1.165) is 15.4 Å². The number of thiophene rings is 1. The molecule has 0 aliphatic heterocycles. The first-order chi connectivity index (χ1) is 9.19. The summed E-state index contributed by atoms with van der Waals surface area (Å²) in [5.74, 6) is 0. The molecule has 1 atom stereocenters. The van der Waals surface area contributed by atoms with Gasteiger partial charge in [0.05, 0.1) is 0 Å². The molecule has 0 spiro atoms. The Hall–Kier alpha value is 0.430. The van der Waals surface area contributed by atoms with E-state index in [4.69, 9.17) is 11.6 Å². The Balaban J connectivity index is 2.46. The van der Waals surface area contributed by atoms with Crippen molar-refractivity contribution < 1.29 is 0 Å². The summed E-state index contributed by atoms with van der Waals surface area (Å²) in [7, 11) is 0. The Labute approximate surface area is 135 Å². The summed E-state index contributed by atoms with van der Waals surface area (Å²) in [6.45, 7) is 5.55. The fraction of sp³-hybridized carbons (Fsp3) is 0.733. The maximum atomic E-state index is 6.15. The molecule has 0 saturated heterocycles. The van der Waals surface area contributed by atoms with Gasteiger partial charge in [-0.1, -0.05) is 57.6 Å². The average molecular weight is 367 g/mol. The minimum absolute atomic E-state index is 0.468. The maximum absolute atomic E-state index is 6.15. The zero-order valence-corrected chi connectivity index (χ0v) is 15.1. The van der Waals surface area contributed by atoms with Crippen LogP contribution in [-0.2, 0) is 0 Å². The number of hydrogen-bond acceptors (Lipinski definition) is 2. The lowest BCUT2D eigenvalue weighted by molar-refractivity contribution is 0.473. The molecular formula is C15H25BrClNS. The molecule has 4 heteroatoms. The molecule has 1 rings (SSSR count). The van der Waals surface area contributed by atoms with Gasteiger partial charge >= 0.3 is 0 Å². The van der Waals surface area contributed by atoms with Gasteiger partial charge in [-0.25, -0.2) is 0 Å². The number of rotatable bonds is 10. The third-order valence-electron chi connectivity index (χ3n) is 3.24. The first-order valence-electron chi connectivity index (χ1n) is 7.37. The molecule has 110 valence electrons. The highest BCUT2D eigenvalue weighted by atomic mass is 79.9. The van der Waals surface area contributed by atoms with Crippen LogP contribution >= 0.6 is 38.9 Å². The predicted molar refractivity (Wildman–Crippen MR) is 91.4 cm³/mol. The highest BCUT2D eigenvalue weighted by Crippen LogP contribution is 2.36. The van der Waals surface area contributed by atoms with Gasteiger partial charge in [0.1, 0.15) is 4.34 Å². The van der Waals surface area contributed by atoms with Gasteiger partial charge in [-0.3, -0.25) is 0 Å². The van der Waals surface area contributed by atoms with Crippen molar-refractivity contribution in [2.45, 2.75) is 64.8 Å². The first kappa shape index (κ1) is 17.5. The normalized spacial score (nSPS) is 12.8. The van der Waals surface area contributed by atoms with Crippen LogP contribution in [0.2, 0.25) is 4.34 Å². The van der Waals surface area contributed by atoms with Crippen molar-refractivity contribution in [3.8, 4) is 0 Å². The summed E-state index contributed by atoms with van der Waals surface area (Å²) >= 11 is 11.4. The molecule has 1 aromatic heterocycles. The van der Waals surface area contributed by atoms with Gasteiger partial charge in [-0.2, -0.15) is 0 Å². The molecule has 0 amide bonds. The molecule has 0 fully saturated rings. The number of halogens is 2. The smallest absolute Gasteiger partial charge is 0.107 e. The minimum Gasteiger partial charge on any atom is -0.309 e. The summed E-state index contributed by atoms with van der Waals surface area (Å²) in [4.78, 5) is 1.36. The van der Waals surface area contributed by atoms with Crippen molar-refractivity contribution in [2.24, 2.45) is 0 Å². The molecule has 0 bridgehead atoms. The third kappa shape index (κ3) is 6.61. The Morgan fingerprint density at radius 2 is 1.95 bits per heavy atom. The van der Waals surface area contributed by atoms with Crippen molar-refractivity contribution in [2.75, 3.05) is 6.54 Å². The average Bonchev–Trinajstić information content (AvgIpc) is 2.73. The Morgan fingerprint density at radius 3 is 2.53 bits per heavy atom. The molecule has 0 radical (unpaired) electrons. The van der Waals surface area contributed by atoms with Crippen LogP contribution in [0.5, 0.6) is 0 Å². The topological polar surface area (TPSA) is 12.0 Å². The zero-order chi connectivity index (χ0) is 14.1. The molecule has 19 heavy (non-hydrogen) atoms. The van der Waals surface area contributed by atoms with Gasteiger partial charge in [0, 0.05) is 15.4 Å². The molecule has 1 aromatic rings. The van der Waals surface area contributed by atoms with Crippen LogP contribution < -0.4 is 5.32 Å². The van der Waals surface area contributed by atoms with Crippen LogP contribution in [0, 0.1) is 0 Å².